The lowest BCUT2D eigenvalue weighted by atomic mass is 9.67. The number of rotatable bonds is 4. The van der Waals surface area contributed by atoms with E-state index in [1.807, 2.05) is 0 Å². The van der Waals surface area contributed by atoms with Gasteiger partial charge in [0, 0.05) is 0 Å². The van der Waals surface area contributed by atoms with E-state index in [2.05, 4.69) is 182 Å². The normalized spacial score (nSPS) is 13.1. The van der Waals surface area contributed by atoms with Crippen LogP contribution in [0.15, 0.2) is 182 Å². The number of hydrogen-bond donors (Lipinski definition) is 0. The highest BCUT2D eigenvalue weighted by Gasteiger charge is 2.46. The third kappa shape index (κ3) is 4.00. The lowest BCUT2D eigenvalue weighted by Gasteiger charge is -2.34. The molecule has 0 amide bonds. The van der Waals surface area contributed by atoms with E-state index in [9.17, 15) is 0 Å². The molecule has 0 aliphatic heterocycles. The van der Waals surface area contributed by atoms with Crippen LogP contribution in [0.1, 0.15) is 22.3 Å². The van der Waals surface area contributed by atoms with Gasteiger partial charge in [-0.25, -0.2) is 0 Å². The van der Waals surface area contributed by atoms with E-state index in [0.29, 0.717) is 0 Å². The fourth-order valence-electron chi connectivity index (χ4n) is 7.59. The smallest absolute Gasteiger partial charge is 0.0622 e. The summed E-state index contributed by atoms with van der Waals surface area (Å²) in [6, 6.07) is 67.2. The maximum absolute atomic E-state index is 2.45. The molecule has 8 aromatic rings. The van der Waals surface area contributed by atoms with Gasteiger partial charge in [0.2, 0.25) is 0 Å². The van der Waals surface area contributed by atoms with Gasteiger partial charge in [-0.05, 0) is 101 Å². The number of benzene rings is 8. The average molecular weight is 571 g/mol. The molecule has 1 aliphatic rings. The van der Waals surface area contributed by atoms with Crippen molar-refractivity contribution in [3.05, 3.63) is 204 Å². The first-order valence-corrected chi connectivity index (χ1v) is 15.7. The van der Waals surface area contributed by atoms with Crippen molar-refractivity contribution in [2.45, 2.75) is 5.41 Å². The Morgan fingerprint density at radius 3 is 1.07 bits per heavy atom. The molecule has 0 nitrogen and oxygen atoms in total. The minimum Gasteiger partial charge on any atom is -0.0622 e. The van der Waals surface area contributed by atoms with Gasteiger partial charge in [-0.1, -0.05) is 158 Å². The Labute approximate surface area is 263 Å². The van der Waals surface area contributed by atoms with Crippen LogP contribution in [-0.2, 0) is 5.41 Å². The van der Waals surface area contributed by atoms with Gasteiger partial charge in [-0.2, -0.15) is 0 Å². The van der Waals surface area contributed by atoms with Crippen molar-refractivity contribution >= 4 is 21.5 Å². The third-order valence-corrected chi connectivity index (χ3v) is 9.72. The van der Waals surface area contributed by atoms with Crippen molar-refractivity contribution in [3.8, 4) is 33.4 Å². The zero-order valence-electron chi connectivity index (χ0n) is 24.8. The van der Waals surface area contributed by atoms with Gasteiger partial charge in [-0.3, -0.25) is 0 Å². The monoisotopic (exact) mass is 570 g/mol. The predicted octanol–water partition coefficient (Wildman–Crippen LogP) is 11.7. The highest BCUT2D eigenvalue weighted by atomic mass is 14.5. The standard InChI is InChI=1S/C45H30/c1-3-15-39(16-4-1)45(40-17-5-2-6-18-40)43-29-37(35-21-19-31-11-7-9-13-33(31)27-35)23-25-41(43)42-26-24-38(30-44(42)45)36-22-20-32-12-8-10-14-34(32)28-36/h1-30H. The van der Waals surface area contributed by atoms with Gasteiger partial charge < -0.3 is 0 Å². The lowest BCUT2D eigenvalue weighted by molar-refractivity contribution is 0.769. The van der Waals surface area contributed by atoms with Crippen molar-refractivity contribution < 1.29 is 0 Å². The van der Waals surface area contributed by atoms with E-state index in [0.717, 1.165) is 0 Å². The summed E-state index contributed by atoms with van der Waals surface area (Å²) in [6.45, 7) is 0. The fourth-order valence-corrected chi connectivity index (χ4v) is 7.59. The van der Waals surface area contributed by atoms with E-state index < -0.39 is 5.41 Å². The topological polar surface area (TPSA) is 0 Å². The Hall–Kier alpha value is -5.72. The van der Waals surface area contributed by atoms with E-state index in [1.54, 1.807) is 0 Å². The zero-order valence-corrected chi connectivity index (χ0v) is 24.8. The van der Waals surface area contributed by atoms with Gasteiger partial charge >= 0.3 is 0 Å². The van der Waals surface area contributed by atoms with Gasteiger partial charge in [0.05, 0.1) is 5.41 Å². The first-order chi connectivity index (χ1) is 22.3. The molecule has 0 aromatic heterocycles. The highest BCUT2D eigenvalue weighted by Crippen LogP contribution is 2.57. The summed E-state index contributed by atoms with van der Waals surface area (Å²) in [4.78, 5) is 0. The summed E-state index contributed by atoms with van der Waals surface area (Å²) in [6.07, 6.45) is 0. The van der Waals surface area contributed by atoms with Crippen LogP contribution in [0.4, 0.5) is 0 Å². The van der Waals surface area contributed by atoms with Crippen molar-refractivity contribution in [1.82, 2.24) is 0 Å². The molecule has 0 fully saturated rings. The molecule has 0 saturated carbocycles. The quantitative estimate of drug-likeness (QED) is 0.197. The average Bonchev–Trinajstić information content (AvgIpc) is 3.41. The van der Waals surface area contributed by atoms with Crippen LogP contribution in [0, 0.1) is 0 Å². The molecule has 0 saturated heterocycles. The Balaban J connectivity index is 1.32. The molecule has 0 heterocycles. The van der Waals surface area contributed by atoms with Crippen molar-refractivity contribution in [3.63, 3.8) is 0 Å². The first-order valence-electron chi connectivity index (χ1n) is 15.7. The van der Waals surface area contributed by atoms with Crippen molar-refractivity contribution in [2.24, 2.45) is 0 Å². The van der Waals surface area contributed by atoms with E-state index in [4.69, 9.17) is 0 Å². The molecular formula is C45H30. The van der Waals surface area contributed by atoms with Gasteiger partial charge in [0.1, 0.15) is 0 Å². The van der Waals surface area contributed by atoms with Crippen LogP contribution in [0.3, 0.4) is 0 Å². The van der Waals surface area contributed by atoms with Crippen LogP contribution in [-0.4, -0.2) is 0 Å². The van der Waals surface area contributed by atoms with E-state index in [1.165, 1.54) is 77.2 Å². The summed E-state index contributed by atoms with van der Waals surface area (Å²) < 4.78 is 0. The van der Waals surface area contributed by atoms with Crippen LogP contribution in [0.2, 0.25) is 0 Å². The minimum absolute atomic E-state index is 0.465. The summed E-state index contributed by atoms with van der Waals surface area (Å²) >= 11 is 0. The SMILES string of the molecule is c1ccc(C2(c3ccccc3)c3cc(-c4ccc5ccccc5c4)ccc3-c3ccc(-c4ccc5ccccc5c4)cc32)cc1. The molecule has 45 heavy (non-hydrogen) atoms. The molecule has 9 rings (SSSR count). The van der Waals surface area contributed by atoms with Crippen LogP contribution in [0.25, 0.3) is 54.9 Å². The van der Waals surface area contributed by atoms with Crippen LogP contribution in [0.5, 0.6) is 0 Å². The molecule has 8 aromatic carbocycles. The maximum Gasteiger partial charge on any atom is 0.0713 e. The lowest BCUT2D eigenvalue weighted by Crippen LogP contribution is -2.28. The molecule has 0 N–H and O–H groups in total. The van der Waals surface area contributed by atoms with Crippen LogP contribution < -0.4 is 0 Å². The Kier molecular flexibility index (Phi) is 5.83. The van der Waals surface area contributed by atoms with Crippen molar-refractivity contribution in [2.75, 3.05) is 0 Å². The van der Waals surface area contributed by atoms with Crippen LogP contribution >= 0.6 is 0 Å². The third-order valence-electron chi connectivity index (χ3n) is 9.72. The highest BCUT2D eigenvalue weighted by molar-refractivity contribution is 5.93. The molecule has 210 valence electrons. The zero-order chi connectivity index (χ0) is 29.8. The number of fused-ring (bicyclic) bond motifs is 5. The summed E-state index contributed by atoms with van der Waals surface area (Å²) in [7, 11) is 0. The van der Waals surface area contributed by atoms with E-state index in [-0.39, 0.29) is 0 Å². The fraction of sp³-hybridized carbons (Fsp3) is 0.0222. The Morgan fingerprint density at radius 1 is 0.267 bits per heavy atom. The predicted molar refractivity (Wildman–Crippen MR) is 190 cm³/mol. The van der Waals surface area contributed by atoms with Gasteiger partial charge in [-0.15, -0.1) is 0 Å². The second kappa shape index (κ2) is 10.2. The van der Waals surface area contributed by atoms with E-state index >= 15 is 0 Å². The summed E-state index contributed by atoms with van der Waals surface area (Å²) in [5.74, 6) is 0. The maximum atomic E-state index is 2.45. The number of hydrogen-bond acceptors (Lipinski definition) is 0. The van der Waals surface area contributed by atoms with Crippen molar-refractivity contribution in [1.29, 1.82) is 0 Å². The largest absolute Gasteiger partial charge is 0.0713 e. The first kappa shape index (κ1) is 25.7. The second-order valence-electron chi connectivity index (χ2n) is 12.1. The minimum atomic E-state index is -0.465. The summed E-state index contributed by atoms with van der Waals surface area (Å²) in [5, 5.41) is 5.05. The molecule has 0 atom stereocenters. The molecule has 0 heteroatoms. The molecule has 1 aliphatic carbocycles. The van der Waals surface area contributed by atoms with Gasteiger partial charge in [0.15, 0.2) is 0 Å². The molecule has 0 bridgehead atoms. The Bertz CT molecular complexity index is 2190. The molecule has 0 radical (unpaired) electrons. The molecule has 0 unspecified atom stereocenters. The Morgan fingerprint density at radius 2 is 0.622 bits per heavy atom. The van der Waals surface area contributed by atoms with Gasteiger partial charge in [0.25, 0.3) is 0 Å². The second-order valence-corrected chi connectivity index (χ2v) is 12.1. The molecular weight excluding hydrogens is 540 g/mol. The molecule has 0 spiro atoms. The summed E-state index contributed by atoms with van der Waals surface area (Å²) in [5.41, 5.74) is 12.3.